The van der Waals surface area contributed by atoms with E-state index in [2.05, 4.69) is 15.6 Å². The number of benzene rings is 1. The van der Waals surface area contributed by atoms with E-state index in [1.165, 1.54) is 22.4 Å². The standard InChI is InChI=1S/C27H28N4O3S/c32-24(18-8-6-14-28-16-18)30-26-23(21-12-4-5-13-22(21)35-26)27(34)31-15-7-9-19(17-31)25(33)29-20-10-2-1-3-11-20/h1-3,6,8,10-11,14,16,19H,4-5,7,9,12-13,15,17H2,(H,29,33)(H,30,32). The molecule has 2 aliphatic rings. The molecular weight excluding hydrogens is 460 g/mol. The number of carbonyl (C=O) groups excluding carboxylic acids is 3. The summed E-state index contributed by atoms with van der Waals surface area (Å²) >= 11 is 1.51. The summed E-state index contributed by atoms with van der Waals surface area (Å²) in [6.07, 6.45) is 8.52. The van der Waals surface area contributed by atoms with Crippen molar-refractivity contribution < 1.29 is 14.4 Å². The number of hydrogen-bond acceptors (Lipinski definition) is 5. The van der Waals surface area contributed by atoms with Crippen molar-refractivity contribution in [3.05, 3.63) is 76.4 Å². The molecule has 35 heavy (non-hydrogen) atoms. The van der Waals surface area contributed by atoms with E-state index in [1.54, 1.807) is 23.2 Å². The van der Waals surface area contributed by atoms with Crippen molar-refractivity contribution in [1.82, 2.24) is 9.88 Å². The molecule has 8 heteroatoms. The Morgan fingerprint density at radius 1 is 0.971 bits per heavy atom. The molecule has 0 bridgehead atoms. The highest BCUT2D eigenvalue weighted by Crippen LogP contribution is 2.39. The van der Waals surface area contributed by atoms with Crippen molar-refractivity contribution >= 4 is 39.7 Å². The SMILES string of the molecule is O=C(Nc1sc2c(c1C(=O)N1CCCC(C(=O)Nc3ccccc3)C1)CCCC2)c1cccnc1. The van der Waals surface area contributed by atoms with Crippen molar-refractivity contribution in [3.63, 3.8) is 0 Å². The Kier molecular flexibility index (Phi) is 6.90. The number of pyridine rings is 1. The number of nitrogens with zero attached hydrogens (tertiary/aromatic N) is 2. The van der Waals surface area contributed by atoms with Crippen LogP contribution in [0.3, 0.4) is 0 Å². The third kappa shape index (κ3) is 5.12. The van der Waals surface area contributed by atoms with E-state index >= 15 is 0 Å². The Bertz CT molecular complexity index is 1230. The molecule has 3 aromatic rings. The lowest BCUT2D eigenvalue weighted by Crippen LogP contribution is -2.44. The van der Waals surface area contributed by atoms with Crippen molar-refractivity contribution in [2.75, 3.05) is 23.7 Å². The zero-order chi connectivity index (χ0) is 24.2. The van der Waals surface area contributed by atoms with Crippen LogP contribution in [0.25, 0.3) is 0 Å². The van der Waals surface area contributed by atoms with Crippen molar-refractivity contribution in [3.8, 4) is 0 Å². The second kappa shape index (κ2) is 10.4. The van der Waals surface area contributed by atoms with Crippen LogP contribution in [0.5, 0.6) is 0 Å². The van der Waals surface area contributed by atoms with E-state index < -0.39 is 0 Å². The molecule has 0 spiro atoms. The number of thiophene rings is 1. The number of rotatable bonds is 5. The second-order valence-corrected chi connectivity index (χ2v) is 10.2. The molecule has 5 rings (SSSR count). The highest BCUT2D eigenvalue weighted by molar-refractivity contribution is 7.17. The van der Waals surface area contributed by atoms with E-state index in [1.807, 2.05) is 30.3 Å². The summed E-state index contributed by atoms with van der Waals surface area (Å²) in [5.41, 5.74) is 2.87. The van der Waals surface area contributed by atoms with E-state index in [0.717, 1.165) is 49.8 Å². The summed E-state index contributed by atoms with van der Waals surface area (Å²) in [5, 5.41) is 6.56. The lowest BCUT2D eigenvalue weighted by Gasteiger charge is -2.32. The number of nitrogens with one attached hydrogen (secondary N) is 2. The van der Waals surface area contributed by atoms with Gasteiger partial charge in [0.15, 0.2) is 0 Å². The fraction of sp³-hybridized carbons (Fsp3) is 0.333. The average Bonchev–Trinajstić information content (AvgIpc) is 3.27. The fourth-order valence-corrected chi connectivity index (χ4v) is 6.13. The summed E-state index contributed by atoms with van der Waals surface area (Å²) in [4.78, 5) is 46.6. The molecule has 2 aromatic heterocycles. The Balaban J connectivity index is 1.36. The van der Waals surface area contributed by atoms with Crippen LogP contribution in [0.4, 0.5) is 10.7 Å². The van der Waals surface area contributed by atoms with Crippen LogP contribution in [-0.4, -0.2) is 40.7 Å². The molecule has 7 nitrogen and oxygen atoms in total. The second-order valence-electron chi connectivity index (χ2n) is 9.06. The molecular formula is C27H28N4O3S. The van der Waals surface area contributed by atoms with Gasteiger partial charge in [-0.25, -0.2) is 0 Å². The number of anilines is 2. The number of carbonyl (C=O) groups is 3. The van der Waals surface area contributed by atoms with E-state index in [9.17, 15) is 14.4 Å². The molecule has 0 saturated carbocycles. The lowest BCUT2D eigenvalue weighted by atomic mass is 9.93. The van der Waals surface area contributed by atoms with Gasteiger partial charge >= 0.3 is 0 Å². The minimum absolute atomic E-state index is 0.0637. The summed E-state index contributed by atoms with van der Waals surface area (Å²) in [6, 6.07) is 12.8. The summed E-state index contributed by atoms with van der Waals surface area (Å²) in [5.74, 6) is -0.699. The number of amides is 3. The maximum atomic E-state index is 13.8. The smallest absolute Gasteiger partial charge is 0.257 e. The van der Waals surface area contributed by atoms with Gasteiger partial charge in [-0.15, -0.1) is 11.3 Å². The summed E-state index contributed by atoms with van der Waals surface area (Å²) < 4.78 is 0. The van der Waals surface area contributed by atoms with Crippen LogP contribution in [0.1, 0.15) is 56.8 Å². The first-order valence-corrected chi connectivity index (χ1v) is 12.9. The number of piperidine rings is 1. The van der Waals surface area contributed by atoms with Crippen LogP contribution in [0.15, 0.2) is 54.9 Å². The zero-order valence-corrected chi connectivity index (χ0v) is 20.3. The Morgan fingerprint density at radius 2 is 1.80 bits per heavy atom. The van der Waals surface area contributed by atoms with E-state index in [0.29, 0.717) is 29.2 Å². The van der Waals surface area contributed by atoms with Gasteiger partial charge in [0.25, 0.3) is 11.8 Å². The highest BCUT2D eigenvalue weighted by Gasteiger charge is 2.33. The monoisotopic (exact) mass is 488 g/mol. The molecule has 1 aliphatic carbocycles. The normalized spacial score (nSPS) is 17.4. The number of fused-ring (bicyclic) bond motifs is 1. The van der Waals surface area contributed by atoms with Gasteiger partial charge in [0.1, 0.15) is 5.00 Å². The van der Waals surface area contributed by atoms with Crippen molar-refractivity contribution in [2.24, 2.45) is 5.92 Å². The third-order valence-corrected chi connectivity index (χ3v) is 7.86. The predicted octanol–water partition coefficient (Wildman–Crippen LogP) is 4.77. The molecule has 180 valence electrons. The summed E-state index contributed by atoms with van der Waals surface area (Å²) in [7, 11) is 0. The van der Waals surface area contributed by atoms with Crippen molar-refractivity contribution in [2.45, 2.75) is 38.5 Å². The topological polar surface area (TPSA) is 91.4 Å². The Labute approximate surface area is 208 Å². The minimum atomic E-state index is -0.274. The number of hydrogen-bond donors (Lipinski definition) is 2. The number of aromatic nitrogens is 1. The molecule has 0 radical (unpaired) electrons. The first-order chi connectivity index (χ1) is 17.1. The molecule has 1 fully saturated rings. The average molecular weight is 489 g/mol. The van der Waals surface area contributed by atoms with Crippen molar-refractivity contribution in [1.29, 1.82) is 0 Å². The molecule has 2 N–H and O–H groups in total. The van der Waals surface area contributed by atoms with Gasteiger partial charge in [-0.2, -0.15) is 0 Å². The Hall–Kier alpha value is -3.52. The molecule has 1 saturated heterocycles. The van der Waals surface area contributed by atoms with Gasteiger partial charge in [0.05, 0.1) is 17.0 Å². The van der Waals surface area contributed by atoms with Crippen LogP contribution in [0, 0.1) is 5.92 Å². The quantitative estimate of drug-likeness (QED) is 0.541. The number of para-hydroxylation sites is 1. The first kappa shape index (κ1) is 23.2. The van der Waals surface area contributed by atoms with Gasteiger partial charge in [0.2, 0.25) is 5.91 Å². The molecule has 1 aliphatic heterocycles. The maximum absolute atomic E-state index is 13.8. The predicted molar refractivity (Wildman–Crippen MR) is 137 cm³/mol. The maximum Gasteiger partial charge on any atom is 0.257 e. The molecule has 1 atom stereocenters. The molecule has 3 heterocycles. The summed E-state index contributed by atoms with van der Waals surface area (Å²) in [6.45, 7) is 0.979. The Morgan fingerprint density at radius 3 is 2.60 bits per heavy atom. The van der Waals surface area contributed by atoms with E-state index in [4.69, 9.17) is 0 Å². The molecule has 1 aromatic carbocycles. The lowest BCUT2D eigenvalue weighted by molar-refractivity contribution is -0.121. The van der Waals surface area contributed by atoms with Gasteiger partial charge in [-0.05, 0) is 68.4 Å². The van der Waals surface area contributed by atoms with Gasteiger partial charge in [0, 0.05) is 36.0 Å². The van der Waals surface area contributed by atoms with Crippen LogP contribution >= 0.6 is 11.3 Å². The number of aryl methyl sites for hydroxylation is 1. The van der Waals surface area contributed by atoms with E-state index in [-0.39, 0.29) is 23.6 Å². The molecule has 3 amide bonds. The number of likely N-dealkylation sites (tertiary alicyclic amines) is 1. The zero-order valence-electron chi connectivity index (χ0n) is 19.5. The fourth-order valence-electron chi connectivity index (χ4n) is 4.85. The largest absolute Gasteiger partial charge is 0.338 e. The van der Waals surface area contributed by atoms with Crippen LogP contribution in [0.2, 0.25) is 0 Å². The highest BCUT2D eigenvalue weighted by atomic mass is 32.1. The molecule has 1 unspecified atom stereocenters. The third-order valence-electron chi connectivity index (χ3n) is 6.66. The van der Waals surface area contributed by atoms with Crippen LogP contribution in [-0.2, 0) is 17.6 Å². The van der Waals surface area contributed by atoms with Gasteiger partial charge in [-0.3, -0.25) is 19.4 Å². The van der Waals surface area contributed by atoms with Gasteiger partial charge in [-0.1, -0.05) is 18.2 Å². The minimum Gasteiger partial charge on any atom is -0.338 e. The van der Waals surface area contributed by atoms with Crippen LogP contribution < -0.4 is 10.6 Å². The van der Waals surface area contributed by atoms with Gasteiger partial charge < -0.3 is 15.5 Å². The first-order valence-electron chi connectivity index (χ1n) is 12.1.